The van der Waals surface area contributed by atoms with Gasteiger partial charge in [-0.05, 0) is 30.3 Å². The summed E-state index contributed by atoms with van der Waals surface area (Å²) in [6.07, 6.45) is 0. The van der Waals surface area contributed by atoms with Crippen LogP contribution in [0.25, 0.3) is 11.3 Å². The maximum Gasteiger partial charge on any atom is 0.250 e. The van der Waals surface area contributed by atoms with Crippen molar-refractivity contribution in [3.05, 3.63) is 58.9 Å². The fourth-order valence-corrected chi connectivity index (χ4v) is 6.93. The Labute approximate surface area is 206 Å². The van der Waals surface area contributed by atoms with E-state index in [1.165, 1.54) is 19.6 Å². The molecule has 34 heavy (non-hydrogen) atoms. The number of nitrogens with zero attached hydrogens (tertiary/aromatic N) is 1. The standard InChI is InChI=1S/C25H26N4O3S2/c26-18-13-32-14-20(18)27-15-4-5-21-23(10-15)33-22-3-1-2-17(25(22)34-21)19-11-16(12-24(30)28-19)29-6-8-31-9-7-29/h1-5,10-12,18,20,27H,6-9,13-14,26H2,(H,28,30). The first-order chi connectivity index (χ1) is 16.6. The van der Waals surface area contributed by atoms with Gasteiger partial charge in [0, 0.05) is 55.7 Å². The molecular weight excluding hydrogens is 468 g/mol. The monoisotopic (exact) mass is 494 g/mol. The second-order valence-corrected chi connectivity index (χ2v) is 10.8. The van der Waals surface area contributed by atoms with E-state index in [1.54, 1.807) is 29.6 Å². The number of pyridine rings is 1. The summed E-state index contributed by atoms with van der Waals surface area (Å²) in [5.74, 6) is 0. The number of hydrogen-bond acceptors (Lipinski definition) is 8. The number of nitrogens with one attached hydrogen (secondary N) is 2. The molecule has 7 nitrogen and oxygen atoms in total. The van der Waals surface area contributed by atoms with Crippen LogP contribution in [0.5, 0.6) is 0 Å². The van der Waals surface area contributed by atoms with Crippen LogP contribution in [0.3, 0.4) is 0 Å². The van der Waals surface area contributed by atoms with Crippen LogP contribution >= 0.6 is 23.5 Å². The number of fused-ring (bicyclic) bond motifs is 2. The van der Waals surface area contributed by atoms with Crippen molar-refractivity contribution in [3.8, 4) is 11.3 Å². The lowest BCUT2D eigenvalue weighted by Crippen LogP contribution is -2.38. The van der Waals surface area contributed by atoms with Crippen LogP contribution in [0.2, 0.25) is 0 Å². The molecule has 0 radical (unpaired) electrons. The molecule has 3 aliphatic heterocycles. The number of H-pyrrole nitrogens is 1. The Bertz CT molecular complexity index is 1280. The summed E-state index contributed by atoms with van der Waals surface area (Å²) >= 11 is 3.51. The van der Waals surface area contributed by atoms with E-state index >= 15 is 0 Å². The van der Waals surface area contributed by atoms with Crippen LogP contribution in [0.1, 0.15) is 0 Å². The summed E-state index contributed by atoms with van der Waals surface area (Å²) < 4.78 is 11.0. The molecule has 4 N–H and O–H groups in total. The fraction of sp³-hybridized carbons (Fsp3) is 0.320. The molecule has 176 valence electrons. The van der Waals surface area contributed by atoms with Gasteiger partial charge in [0.1, 0.15) is 0 Å². The molecule has 0 saturated carbocycles. The minimum atomic E-state index is -0.0877. The van der Waals surface area contributed by atoms with Crippen molar-refractivity contribution in [2.75, 3.05) is 49.7 Å². The molecule has 9 heteroatoms. The lowest BCUT2D eigenvalue weighted by atomic mass is 10.1. The number of benzene rings is 2. The second-order valence-electron chi connectivity index (χ2n) is 8.67. The molecule has 6 rings (SSSR count). The van der Waals surface area contributed by atoms with Crippen molar-refractivity contribution in [1.29, 1.82) is 0 Å². The van der Waals surface area contributed by atoms with Crippen molar-refractivity contribution in [2.24, 2.45) is 5.73 Å². The molecule has 4 heterocycles. The van der Waals surface area contributed by atoms with Gasteiger partial charge in [-0.15, -0.1) is 0 Å². The van der Waals surface area contributed by atoms with Crippen LogP contribution in [-0.2, 0) is 9.47 Å². The van der Waals surface area contributed by atoms with Gasteiger partial charge in [-0.2, -0.15) is 0 Å². The molecule has 1 aromatic heterocycles. The smallest absolute Gasteiger partial charge is 0.250 e. The zero-order valence-electron chi connectivity index (χ0n) is 18.6. The van der Waals surface area contributed by atoms with Crippen LogP contribution in [-0.4, -0.2) is 56.6 Å². The topological polar surface area (TPSA) is 92.6 Å². The first kappa shape index (κ1) is 22.1. The third-order valence-electron chi connectivity index (χ3n) is 6.33. The highest BCUT2D eigenvalue weighted by molar-refractivity contribution is 8.05. The van der Waals surface area contributed by atoms with Gasteiger partial charge in [0.15, 0.2) is 0 Å². The number of morpholine rings is 1. The molecule has 3 aliphatic rings. The Morgan fingerprint density at radius 3 is 2.68 bits per heavy atom. The molecule has 2 unspecified atom stereocenters. The van der Waals surface area contributed by atoms with Crippen molar-refractivity contribution >= 4 is 34.9 Å². The maximum atomic E-state index is 12.5. The normalized spacial score (nSPS) is 21.7. The van der Waals surface area contributed by atoms with Crippen molar-refractivity contribution in [1.82, 2.24) is 4.98 Å². The van der Waals surface area contributed by atoms with E-state index in [0.29, 0.717) is 26.4 Å². The Hall–Kier alpha value is -2.43. The number of anilines is 2. The van der Waals surface area contributed by atoms with Crippen LogP contribution in [0.15, 0.2) is 72.9 Å². The first-order valence-electron chi connectivity index (χ1n) is 11.4. The highest BCUT2D eigenvalue weighted by atomic mass is 32.2. The van der Waals surface area contributed by atoms with Gasteiger partial charge in [-0.25, -0.2) is 0 Å². The first-order valence-corrected chi connectivity index (χ1v) is 13.1. The molecule has 3 aromatic rings. The number of rotatable bonds is 4. The Morgan fingerprint density at radius 1 is 0.971 bits per heavy atom. The molecule has 0 bridgehead atoms. The molecule has 2 fully saturated rings. The van der Waals surface area contributed by atoms with E-state index in [9.17, 15) is 4.79 Å². The van der Waals surface area contributed by atoms with E-state index in [0.717, 1.165) is 35.7 Å². The highest BCUT2D eigenvalue weighted by Gasteiger charge is 2.26. The number of hydrogen-bond donors (Lipinski definition) is 3. The molecule has 0 aliphatic carbocycles. The van der Waals surface area contributed by atoms with Gasteiger partial charge in [0.05, 0.1) is 44.2 Å². The van der Waals surface area contributed by atoms with Crippen LogP contribution in [0.4, 0.5) is 11.4 Å². The van der Waals surface area contributed by atoms with Gasteiger partial charge < -0.3 is 30.4 Å². The summed E-state index contributed by atoms with van der Waals surface area (Å²) in [5, 5.41) is 3.52. The van der Waals surface area contributed by atoms with E-state index in [-0.39, 0.29) is 17.6 Å². The molecular formula is C25H26N4O3S2. The largest absolute Gasteiger partial charge is 0.378 e. The van der Waals surface area contributed by atoms with E-state index < -0.39 is 0 Å². The molecule has 2 aromatic carbocycles. The maximum absolute atomic E-state index is 12.5. The minimum absolute atomic E-state index is 0.0109. The molecule has 2 saturated heterocycles. The molecule has 0 spiro atoms. The van der Waals surface area contributed by atoms with E-state index in [1.807, 2.05) is 0 Å². The van der Waals surface area contributed by atoms with Gasteiger partial charge in [0.2, 0.25) is 5.56 Å². The van der Waals surface area contributed by atoms with E-state index in [4.69, 9.17) is 15.2 Å². The average molecular weight is 495 g/mol. The highest BCUT2D eigenvalue weighted by Crippen LogP contribution is 2.52. The van der Waals surface area contributed by atoms with Crippen LogP contribution < -0.4 is 21.5 Å². The lowest BCUT2D eigenvalue weighted by Gasteiger charge is -2.29. The van der Waals surface area contributed by atoms with Gasteiger partial charge in [0.25, 0.3) is 0 Å². The Morgan fingerprint density at radius 2 is 1.85 bits per heavy atom. The predicted molar refractivity (Wildman–Crippen MR) is 136 cm³/mol. The summed E-state index contributed by atoms with van der Waals surface area (Å²) in [6.45, 7) is 4.18. The number of aromatic amines is 1. The second kappa shape index (κ2) is 9.31. The number of ether oxygens (including phenoxy) is 2. The summed E-state index contributed by atoms with van der Waals surface area (Å²) in [5.41, 5.74) is 9.94. The molecule has 0 amide bonds. The quantitative estimate of drug-likeness (QED) is 0.396. The summed E-state index contributed by atoms with van der Waals surface area (Å²) in [6, 6.07) is 16.6. The summed E-state index contributed by atoms with van der Waals surface area (Å²) in [7, 11) is 0. The fourth-order valence-electron chi connectivity index (χ4n) is 4.52. The zero-order chi connectivity index (χ0) is 23.1. The third-order valence-corrected chi connectivity index (χ3v) is 8.92. The van der Waals surface area contributed by atoms with Gasteiger partial charge in [-0.1, -0.05) is 35.7 Å². The third kappa shape index (κ3) is 4.34. The zero-order valence-corrected chi connectivity index (χ0v) is 20.2. The van der Waals surface area contributed by atoms with Gasteiger partial charge in [-0.3, -0.25) is 4.79 Å². The van der Waals surface area contributed by atoms with Crippen molar-refractivity contribution in [3.63, 3.8) is 0 Å². The number of nitrogens with two attached hydrogens (primary N) is 1. The van der Waals surface area contributed by atoms with Crippen molar-refractivity contribution in [2.45, 2.75) is 31.7 Å². The average Bonchev–Trinajstić information content (AvgIpc) is 3.26. The molecule has 2 atom stereocenters. The predicted octanol–water partition coefficient (Wildman–Crippen LogP) is 3.63. The summed E-state index contributed by atoms with van der Waals surface area (Å²) in [4.78, 5) is 22.6. The van der Waals surface area contributed by atoms with Crippen LogP contribution in [0, 0.1) is 0 Å². The SMILES string of the molecule is NC1COCC1Nc1ccc2c(c1)Sc1cccc(-c3cc(N4CCOCC4)cc(=O)[nH]3)c1S2. The van der Waals surface area contributed by atoms with E-state index in [2.05, 4.69) is 57.7 Å². The lowest BCUT2D eigenvalue weighted by molar-refractivity contribution is 0.122. The van der Waals surface area contributed by atoms with Gasteiger partial charge >= 0.3 is 0 Å². The number of aromatic nitrogens is 1. The Kier molecular flexibility index (Phi) is 6.04. The minimum Gasteiger partial charge on any atom is -0.378 e. The van der Waals surface area contributed by atoms with Crippen molar-refractivity contribution < 1.29 is 9.47 Å². The Balaban J connectivity index is 1.30.